The highest BCUT2D eigenvalue weighted by atomic mass is 127. The molecule has 0 amide bonds. The van der Waals surface area contributed by atoms with Crippen molar-refractivity contribution in [3.8, 4) is 5.75 Å². The number of fused-ring (bicyclic) bond motifs is 1. The standard InChI is InChI=1S/C24H36N6O2.HI/c1-18-9-10-19(21(15-18)32-20-11-14-31-17-20)16-27-24(25-2)26-12-6-8-23-29-28-22-7-4-3-5-13-30(22)23;/h9-10,15,20H,3-8,11-14,16-17H2,1-2H3,(H2,25,26,27);1H. The van der Waals surface area contributed by atoms with Gasteiger partial charge < -0.3 is 24.7 Å². The van der Waals surface area contributed by atoms with Crippen LogP contribution < -0.4 is 15.4 Å². The van der Waals surface area contributed by atoms with Crippen molar-refractivity contribution in [3.63, 3.8) is 0 Å². The molecule has 1 unspecified atom stereocenters. The minimum absolute atomic E-state index is 0. The lowest BCUT2D eigenvalue weighted by atomic mass is 10.1. The predicted octanol–water partition coefficient (Wildman–Crippen LogP) is 3.40. The number of halogens is 1. The minimum atomic E-state index is 0. The zero-order valence-corrected chi connectivity index (χ0v) is 22.1. The largest absolute Gasteiger partial charge is 0.488 e. The molecule has 0 aliphatic carbocycles. The van der Waals surface area contributed by atoms with Gasteiger partial charge in [0.2, 0.25) is 0 Å². The summed E-state index contributed by atoms with van der Waals surface area (Å²) in [6.07, 6.45) is 7.79. The molecule has 1 saturated heterocycles. The lowest BCUT2D eigenvalue weighted by Gasteiger charge is -2.18. The van der Waals surface area contributed by atoms with Crippen LogP contribution in [-0.2, 0) is 30.7 Å². The zero-order valence-electron chi connectivity index (χ0n) is 19.8. The van der Waals surface area contributed by atoms with Gasteiger partial charge in [-0.2, -0.15) is 0 Å². The maximum atomic E-state index is 6.21. The second-order valence-corrected chi connectivity index (χ2v) is 8.67. The molecule has 3 heterocycles. The number of nitrogens with one attached hydrogen (secondary N) is 2. The molecule has 182 valence electrons. The van der Waals surface area contributed by atoms with Crippen LogP contribution in [0, 0.1) is 6.92 Å². The highest BCUT2D eigenvalue weighted by Gasteiger charge is 2.19. The molecule has 2 aliphatic heterocycles. The summed E-state index contributed by atoms with van der Waals surface area (Å²) < 4.78 is 14.0. The molecule has 2 N–H and O–H groups in total. The highest BCUT2D eigenvalue weighted by molar-refractivity contribution is 14.0. The first-order valence-electron chi connectivity index (χ1n) is 11.9. The van der Waals surface area contributed by atoms with Gasteiger partial charge in [0.1, 0.15) is 23.5 Å². The molecule has 0 radical (unpaired) electrons. The molecule has 0 bridgehead atoms. The molecule has 1 aromatic heterocycles. The Labute approximate surface area is 214 Å². The van der Waals surface area contributed by atoms with Gasteiger partial charge in [0.25, 0.3) is 0 Å². The van der Waals surface area contributed by atoms with Crippen molar-refractivity contribution in [2.45, 2.75) is 71.1 Å². The van der Waals surface area contributed by atoms with Gasteiger partial charge in [-0.3, -0.25) is 4.99 Å². The molecular weight excluding hydrogens is 531 g/mol. The van der Waals surface area contributed by atoms with Crippen molar-refractivity contribution in [1.29, 1.82) is 0 Å². The first-order valence-corrected chi connectivity index (χ1v) is 11.9. The number of ether oxygens (including phenoxy) is 2. The van der Waals surface area contributed by atoms with Crippen molar-refractivity contribution >= 4 is 29.9 Å². The molecule has 8 nitrogen and oxygen atoms in total. The summed E-state index contributed by atoms with van der Waals surface area (Å²) in [7, 11) is 1.80. The molecular formula is C24H37IN6O2. The SMILES string of the molecule is CN=C(NCCCc1nnc2n1CCCCC2)NCc1ccc(C)cc1OC1CCOC1.I. The average Bonchev–Trinajstić information content (AvgIpc) is 3.38. The van der Waals surface area contributed by atoms with E-state index in [0.29, 0.717) is 13.2 Å². The second-order valence-electron chi connectivity index (χ2n) is 8.67. The lowest BCUT2D eigenvalue weighted by molar-refractivity contribution is 0.140. The number of nitrogens with zero attached hydrogens (tertiary/aromatic N) is 4. The van der Waals surface area contributed by atoms with Crippen LogP contribution in [0.15, 0.2) is 23.2 Å². The number of aliphatic imine (C=N–C) groups is 1. The quantitative estimate of drug-likeness (QED) is 0.220. The van der Waals surface area contributed by atoms with E-state index >= 15 is 0 Å². The fourth-order valence-electron chi connectivity index (χ4n) is 4.29. The summed E-state index contributed by atoms with van der Waals surface area (Å²) in [4.78, 5) is 4.37. The van der Waals surface area contributed by atoms with Crippen molar-refractivity contribution in [3.05, 3.63) is 41.0 Å². The van der Waals surface area contributed by atoms with E-state index in [-0.39, 0.29) is 30.1 Å². The number of benzene rings is 1. The van der Waals surface area contributed by atoms with Crippen LogP contribution in [0.5, 0.6) is 5.75 Å². The van der Waals surface area contributed by atoms with Crippen molar-refractivity contribution in [1.82, 2.24) is 25.4 Å². The van der Waals surface area contributed by atoms with Gasteiger partial charge >= 0.3 is 0 Å². The average molecular weight is 569 g/mol. The maximum Gasteiger partial charge on any atom is 0.191 e. The molecule has 1 fully saturated rings. The Hall–Kier alpha value is -1.88. The summed E-state index contributed by atoms with van der Waals surface area (Å²) in [5, 5.41) is 15.7. The van der Waals surface area contributed by atoms with E-state index in [4.69, 9.17) is 9.47 Å². The van der Waals surface area contributed by atoms with E-state index < -0.39 is 0 Å². The van der Waals surface area contributed by atoms with Crippen LogP contribution >= 0.6 is 24.0 Å². The summed E-state index contributed by atoms with van der Waals surface area (Å²) in [5.74, 6) is 3.99. The normalized spacial score (nSPS) is 18.2. The van der Waals surface area contributed by atoms with Crippen LogP contribution in [-0.4, -0.2) is 53.6 Å². The van der Waals surface area contributed by atoms with Crippen molar-refractivity contribution in [2.75, 3.05) is 26.8 Å². The number of aryl methyl sites for hydroxylation is 3. The third-order valence-electron chi connectivity index (χ3n) is 6.13. The first kappa shape index (κ1) is 25.7. The van der Waals surface area contributed by atoms with Crippen LogP contribution in [0.3, 0.4) is 0 Å². The van der Waals surface area contributed by atoms with E-state index in [1.807, 2.05) is 0 Å². The van der Waals surface area contributed by atoms with E-state index in [0.717, 1.165) is 74.3 Å². The third kappa shape index (κ3) is 7.30. The molecule has 9 heteroatoms. The zero-order chi connectivity index (χ0) is 22.2. The van der Waals surface area contributed by atoms with Gasteiger partial charge in [0.15, 0.2) is 5.96 Å². The number of hydrogen-bond acceptors (Lipinski definition) is 5. The lowest BCUT2D eigenvalue weighted by Crippen LogP contribution is -2.37. The van der Waals surface area contributed by atoms with Gasteiger partial charge in [-0.25, -0.2) is 0 Å². The van der Waals surface area contributed by atoms with Gasteiger partial charge in [-0.1, -0.05) is 18.6 Å². The van der Waals surface area contributed by atoms with Crippen molar-refractivity contribution < 1.29 is 9.47 Å². The first-order chi connectivity index (χ1) is 15.7. The van der Waals surface area contributed by atoms with E-state index in [2.05, 4.69) is 55.5 Å². The Bertz CT molecular complexity index is 910. The monoisotopic (exact) mass is 568 g/mol. The summed E-state index contributed by atoms with van der Waals surface area (Å²) in [5.41, 5.74) is 2.31. The van der Waals surface area contributed by atoms with Crippen molar-refractivity contribution in [2.24, 2.45) is 4.99 Å². The number of rotatable bonds is 8. The predicted molar refractivity (Wildman–Crippen MR) is 141 cm³/mol. The number of aromatic nitrogens is 3. The fourth-order valence-corrected chi connectivity index (χ4v) is 4.29. The minimum Gasteiger partial charge on any atom is -0.488 e. The van der Waals surface area contributed by atoms with Gasteiger partial charge in [-0.05, 0) is 37.8 Å². The van der Waals surface area contributed by atoms with Crippen LogP contribution in [0.25, 0.3) is 0 Å². The smallest absolute Gasteiger partial charge is 0.191 e. The van der Waals surface area contributed by atoms with E-state index in [1.54, 1.807) is 7.05 Å². The maximum absolute atomic E-state index is 6.21. The van der Waals surface area contributed by atoms with E-state index in [9.17, 15) is 0 Å². The Kier molecular flexibility index (Phi) is 10.2. The number of hydrogen-bond donors (Lipinski definition) is 2. The molecule has 2 aliphatic rings. The summed E-state index contributed by atoms with van der Waals surface area (Å²) in [6, 6.07) is 6.34. The number of guanidine groups is 1. The van der Waals surface area contributed by atoms with Crippen LogP contribution in [0.4, 0.5) is 0 Å². The highest BCUT2D eigenvalue weighted by Crippen LogP contribution is 2.23. The van der Waals surface area contributed by atoms with Crippen LogP contribution in [0.2, 0.25) is 0 Å². The van der Waals surface area contributed by atoms with E-state index in [1.165, 1.54) is 24.8 Å². The fraction of sp³-hybridized carbons (Fsp3) is 0.625. The summed E-state index contributed by atoms with van der Waals surface area (Å²) >= 11 is 0. The second kappa shape index (κ2) is 13.1. The van der Waals surface area contributed by atoms with Gasteiger partial charge in [-0.15, -0.1) is 34.2 Å². The van der Waals surface area contributed by atoms with Crippen LogP contribution in [0.1, 0.15) is 54.9 Å². The summed E-state index contributed by atoms with van der Waals surface area (Å²) in [6.45, 7) is 6.07. The molecule has 1 atom stereocenters. The molecule has 0 saturated carbocycles. The Morgan fingerprint density at radius 2 is 2.15 bits per heavy atom. The van der Waals surface area contributed by atoms with Gasteiger partial charge in [0, 0.05) is 51.5 Å². The Morgan fingerprint density at radius 1 is 1.24 bits per heavy atom. The molecule has 33 heavy (non-hydrogen) atoms. The third-order valence-corrected chi connectivity index (χ3v) is 6.13. The molecule has 1 aromatic carbocycles. The Morgan fingerprint density at radius 3 is 2.97 bits per heavy atom. The molecule has 4 rings (SSSR count). The Balaban J connectivity index is 0.00000306. The molecule has 2 aromatic rings. The topological polar surface area (TPSA) is 85.6 Å². The van der Waals surface area contributed by atoms with Gasteiger partial charge in [0.05, 0.1) is 13.2 Å². The molecule has 0 spiro atoms.